The van der Waals surface area contributed by atoms with Crippen LogP contribution in [0.25, 0.3) is 22.2 Å². The van der Waals surface area contributed by atoms with E-state index in [1.54, 1.807) is 18.2 Å². The molecule has 8 nitrogen and oxygen atoms in total. The van der Waals surface area contributed by atoms with E-state index < -0.39 is 5.82 Å². The van der Waals surface area contributed by atoms with Gasteiger partial charge < -0.3 is 19.9 Å². The van der Waals surface area contributed by atoms with Gasteiger partial charge in [-0.2, -0.15) is 5.10 Å². The Bertz CT molecular complexity index is 1330. The maximum absolute atomic E-state index is 14.6. The minimum absolute atomic E-state index is 0.206. The Hall–Kier alpha value is -3.98. The van der Waals surface area contributed by atoms with Gasteiger partial charge in [-0.1, -0.05) is 6.07 Å². The monoisotopic (exact) mass is 460 g/mol. The topological polar surface area (TPSA) is 86.4 Å². The number of H-pyrrole nitrogens is 1. The molecule has 5 rings (SSSR count). The van der Waals surface area contributed by atoms with Crippen LogP contribution in [0.15, 0.2) is 54.7 Å². The molecule has 0 atom stereocenters. The van der Waals surface area contributed by atoms with Gasteiger partial charge in [-0.3, -0.25) is 14.9 Å². The lowest BCUT2D eigenvalue weighted by molar-refractivity contribution is 0.102. The van der Waals surface area contributed by atoms with Gasteiger partial charge >= 0.3 is 0 Å². The number of piperazine rings is 1. The maximum Gasteiger partial charge on any atom is 0.276 e. The number of fused-ring (bicyclic) bond motifs is 1. The molecule has 34 heavy (non-hydrogen) atoms. The summed E-state index contributed by atoms with van der Waals surface area (Å²) >= 11 is 0. The molecule has 0 aliphatic carbocycles. The van der Waals surface area contributed by atoms with Crippen molar-refractivity contribution in [3.8, 4) is 17.0 Å². The smallest absolute Gasteiger partial charge is 0.276 e. The fourth-order valence-corrected chi connectivity index (χ4v) is 4.16. The van der Waals surface area contributed by atoms with Crippen molar-refractivity contribution < 1.29 is 13.9 Å². The molecule has 2 aromatic heterocycles. The van der Waals surface area contributed by atoms with Gasteiger partial charge in [0.1, 0.15) is 11.6 Å². The number of likely N-dealkylation sites (N-methyl/N-ethyl adjacent to an activating group) is 1. The Morgan fingerprint density at radius 2 is 1.88 bits per heavy atom. The number of amides is 1. The number of anilines is 2. The summed E-state index contributed by atoms with van der Waals surface area (Å²) in [4.78, 5) is 22.0. The van der Waals surface area contributed by atoms with E-state index in [2.05, 4.69) is 37.3 Å². The van der Waals surface area contributed by atoms with Crippen LogP contribution in [0, 0.1) is 5.82 Å². The summed E-state index contributed by atoms with van der Waals surface area (Å²) in [6, 6.07) is 14.0. The summed E-state index contributed by atoms with van der Waals surface area (Å²) in [5.41, 5.74) is 3.18. The van der Waals surface area contributed by atoms with Crippen LogP contribution in [0.2, 0.25) is 0 Å². The Morgan fingerprint density at radius 3 is 2.62 bits per heavy atom. The van der Waals surface area contributed by atoms with Gasteiger partial charge in [-0.25, -0.2) is 4.39 Å². The summed E-state index contributed by atoms with van der Waals surface area (Å²) in [7, 11) is 3.60. The summed E-state index contributed by atoms with van der Waals surface area (Å²) in [6.07, 6.45) is 1.53. The first-order valence-electron chi connectivity index (χ1n) is 11.1. The van der Waals surface area contributed by atoms with Crippen LogP contribution in [-0.4, -0.2) is 66.3 Å². The van der Waals surface area contributed by atoms with Crippen LogP contribution in [-0.2, 0) is 0 Å². The number of methoxy groups -OCH3 is 1. The molecule has 0 spiro atoms. The van der Waals surface area contributed by atoms with Crippen LogP contribution in [0.1, 0.15) is 10.5 Å². The minimum Gasteiger partial charge on any atom is -0.496 e. The average molecular weight is 461 g/mol. The first-order valence-corrected chi connectivity index (χ1v) is 11.1. The maximum atomic E-state index is 14.6. The average Bonchev–Trinajstić information content (AvgIpc) is 3.28. The first kappa shape index (κ1) is 21.8. The van der Waals surface area contributed by atoms with E-state index in [-0.39, 0.29) is 17.2 Å². The number of ether oxygens (including phenoxy) is 1. The molecule has 3 heterocycles. The number of hydrogen-bond donors (Lipinski definition) is 2. The molecule has 4 aromatic rings. The summed E-state index contributed by atoms with van der Waals surface area (Å²) in [6.45, 7) is 4.01. The number of aromatic amines is 1. The van der Waals surface area contributed by atoms with E-state index in [1.165, 1.54) is 19.4 Å². The number of rotatable bonds is 5. The number of nitrogens with one attached hydrogen (secondary N) is 2. The zero-order valence-corrected chi connectivity index (χ0v) is 19.0. The quantitative estimate of drug-likeness (QED) is 0.472. The Morgan fingerprint density at radius 1 is 1.12 bits per heavy atom. The molecule has 0 saturated carbocycles. The van der Waals surface area contributed by atoms with E-state index in [9.17, 15) is 9.18 Å². The largest absolute Gasteiger partial charge is 0.496 e. The number of aromatic nitrogens is 3. The minimum atomic E-state index is -0.457. The van der Waals surface area contributed by atoms with Crippen molar-refractivity contribution >= 4 is 28.2 Å². The van der Waals surface area contributed by atoms with Crippen molar-refractivity contribution in [2.24, 2.45) is 0 Å². The number of benzene rings is 2. The third-order valence-corrected chi connectivity index (χ3v) is 6.11. The third-order valence-electron chi connectivity index (χ3n) is 6.11. The standard InChI is InChI=1S/C25H25FN6O2/c1-31-10-12-32(13-11-31)17-8-6-16(7-9-17)28-25(33)24-18-14-20(27-15-21(18)29-30-24)23-19(26)4-3-5-22(23)34-2/h3-9,14-15H,10-13H2,1-2H3,(H,28,33)(H,29,30). The summed E-state index contributed by atoms with van der Waals surface area (Å²) < 4.78 is 19.9. The molecule has 9 heteroatoms. The summed E-state index contributed by atoms with van der Waals surface area (Å²) in [5, 5.41) is 10.4. The van der Waals surface area contributed by atoms with E-state index >= 15 is 0 Å². The molecule has 1 aliphatic heterocycles. The van der Waals surface area contributed by atoms with Gasteiger partial charge in [0, 0.05) is 42.9 Å². The second-order valence-electron chi connectivity index (χ2n) is 8.30. The van der Waals surface area contributed by atoms with Gasteiger partial charge in [0.15, 0.2) is 5.69 Å². The van der Waals surface area contributed by atoms with Crippen molar-refractivity contribution in [2.45, 2.75) is 0 Å². The van der Waals surface area contributed by atoms with Crippen molar-refractivity contribution in [2.75, 3.05) is 50.6 Å². The number of nitrogens with zero attached hydrogens (tertiary/aromatic N) is 4. The number of carbonyl (C=O) groups excluding carboxylic acids is 1. The van der Waals surface area contributed by atoms with Gasteiger partial charge in [-0.05, 0) is 49.5 Å². The van der Waals surface area contributed by atoms with Crippen LogP contribution in [0.5, 0.6) is 5.75 Å². The van der Waals surface area contributed by atoms with E-state index in [4.69, 9.17) is 4.74 Å². The van der Waals surface area contributed by atoms with E-state index in [1.807, 2.05) is 24.3 Å². The van der Waals surface area contributed by atoms with E-state index in [0.717, 1.165) is 31.9 Å². The fourth-order valence-electron chi connectivity index (χ4n) is 4.16. The molecular weight excluding hydrogens is 435 g/mol. The molecule has 1 saturated heterocycles. The van der Waals surface area contributed by atoms with Crippen molar-refractivity contribution in [3.63, 3.8) is 0 Å². The molecule has 174 valence electrons. The zero-order valence-electron chi connectivity index (χ0n) is 19.0. The Kier molecular flexibility index (Phi) is 5.85. The highest BCUT2D eigenvalue weighted by molar-refractivity contribution is 6.11. The highest BCUT2D eigenvalue weighted by Crippen LogP contribution is 2.33. The molecule has 1 fully saturated rings. The SMILES string of the molecule is COc1cccc(F)c1-c1cc2c(C(=O)Nc3ccc(N4CCN(C)CC4)cc3)n[nH]c2cn1. The number of carbonyl (C=O) groups is 1. The van der Waals surface area contributed by atoms with Crippen LogP contribution in [0.4, 0.5) is 15.8 Å². The zero-order chi connectivity index (χ0) is 23.7. The lowest BCUT2D eigenvalue weighted by Crippen LogP contribution is -2.44. The second kappa shape index (κ2) is 9.11. The van der Waals surface area contributed by atoms with Gasteiger partial charge in [0.05, 0.1) is 30.1 Å². The highest BCUT2D eigenvalue weighted by Gasteiger charge is 2.19. The second-order valence-corrected chi connectivity index (χ2v) is 8.30. The van der Waals surface area contributed by atoms with Crippen molar-refractivity contribution in [3.05, 3.63) is 66.2 Å². The first-order chi connectivity index (χ1) is 16.5. The van der Waals surface area contributed by atoms with Gasteiger partial charge in [0.2, 0.25) is 0 Å². The number of hydrogen-bond acceptors (Lipinski definition) is 6. The predicted molar refractivity (Wildman–Crippen MR) is 130 cm³/mol. The van der Waals surface area contributed by atoms with Gasteiger partial charge in [0.25, 0.3) is 5.91 Å². The summed E-state index contributed by atoms with van der Waals surface area (Å²) in [5.74, 6) is -0.459. The third kappa shape index (κ3) is 4.17. The van der Waals surface area contributed by atoms with Crippen LogP contribution >= 0.6 is 0 Å². The molecule has 0 bridgehead atoms. The predicted octanol–water partition coefficient (Wildman–Crippen LogP) is 3.78. The van der Waals surface area contributed by atoms with E-state index in [0.29, 0.717) is 28.0 Å². The molecule has 1 aliphatic rings. The van der Waals surface area contributed by atoms with Crippen LogP contribution < -0.4 is 15.0 Å². The molecule has 0 radical (unpaired) electrons. The molecule has 2 N–H and O–H groups in total. The molecule has 1 amide bonds. The lowest BCUT2D eigenvalue weighted by atomic mass is 10.1. The van der Waals surface area contributed by atoms with Crippen LogP contribution in [0.3, 0.4) is 0 Å². The fraction of sp³-hybridized carbons (Fsp3) is 0.240. The van der Waals surface area contributed by atoms with Crippen molar-refractivity contribution in [1.82, 2.24) is 20.1 Å². The Balaban J connectivity index is 1.38. The normalized spacial score (nSPS) is 14.4. The number of pyridine rings is 1. The molecule has 2 aromatic carbocycles. The highest BCUT2D eigenvalue weighted by atomic mass is 19.1. The Labute approximate surface area is 196 Å². The lowest BCUT2D eigenvalue weighted by Gasteiger charge is -2.34. The molecular formula is C25H25FN6O2. The van der Waals surface area contributed by atoms with Gasteiger partial charge in [-0.15, -0.1) is 0 Å². The number of halogens is 1. The molecule has 0 unspecified atom stereocenters. The van der Waals surface area contributed by atoms with Crippen molar-refractivity contribution in [1.29, 1.82) is 0 Å².